The maximum Gasteiger partial charge on any atom is 0.416 e. The Kier molecular flexibility index (Phi) is 7.35. The maximum atomic E-state index is 12.7. The summed E-state index contributed by atoms with van der Waals surface area (Å²) >= 11 is 0. The van der Waals surface area contributed by atoms with E-state index in [-0.39, 0.29) is 24.4 Å². The monoisotopic (exact) mass is 390 g/mol. The van der Waals surface area contributed by atoms with Crippen LogP contribution in [0.25, 0.3) is 0 Å². The van der Waals surface area contributed by atoms with E-state index in [9.17, 15) is 18.0 Å². The van der Waals surface area contributed by atoms with Crippen LogP contribution in [0.1, 0.15) is 49.7 Å². The van der Waals surface area contributed by atoms with E-state index >= 15 is 0 Å². The fourth-order valence-electron chi connectivity index (χ4n) is 3.44. The summed E-state index contributed by atoms with van der Waals surface area (Å²) in [6.07, 6.45) is 1.38. The van der Waals surface area contributed by atoms with Crippen molar-refractivity contribution in [2.45, 2.75) is 57.3 Å². The number of amides is 1. The Labute approximate surface area is 158 Å². The van der Waals surface area contributed by atoms with Gasteiger partial charge in [0.25, 0.3) is 0 Å². The molecule has 1 aliphatic heterocycles. The number of carbonyl (C=O) groups is 1. The van der Waals surface area contributed by atoms with E-state index < -0.39 is 11.7 Å². The number of hydrogen-bond acceptors (Lipinski definition) is 2. The highest BCUT2D eigenvalue weighted by Crippen LogP contribution is 2.32. The van der Waals surface area contributed by atoms with Crippen LogP contribution in [-0.4, -0.2) is 29.9 Å². The van der Waals surface area contributed by atoms with Crippen LogP contribution in [0.5, 0.6) is 0 Å². The van der Waals surface area contributed by atoms with E-state index in [1.807, 2.05) is 4.90 Å². The molecule has 26 heavy (non-hydrogen) atoms. The third kappa shape index (κ3) is 5.88. The molecule has 0 aromatic heterocycles. The standard InChI is InChI=1S/C19H25F3N2O.ClH/c20-19(21,22)16-4-1-15(2-5-16)13-24(17-6-7-17)18(25)8-3-14-9-11-23-12-10-14;/h1-2,4-5,14,17,23H,3,6-13H2;1H. The van der Waals surface area contributed by atoms with Gasteiger partial charge in [0.15, 0.2) is 0 Å². The normalized spacial score (nSPS) is 18.3. The Morgan fingerprint density at radius 1 is 1.08 bits per heavy atom. The average molecular weight is 391 g/mol. The molecule has 1 aliphatic carbocycles. The third-order valence-electron chi connectivity index (χ3n) is 5.17. The zero-order valence-corrected chi connectivity index (χ0v) is 15.5. The highest BCUT2D eigenvalue weighted by molar-refractivity contribution is 5.85. The first-order valence-electron chi connectivity index (χ1n) is 9.10. The predicted molar refractivity (Wildman–Crippen MR) is 97.1 cm³/mol. The van der Waals surface area contributed by atoms with Gasteiger partial charge in [-0.15, -0.1) is 12.4 Å². The molecule has 1 heterocycles. The van der Waals surface area contributed by atoms with Gasteiger partial charge in [0.1, 0.15) is 0 Å². The molecule has 3 rings (SSSR count). The lowest BCUT2D eigenvalue weighted by atomic mass is 9.93. The number of hydrogen-bond donors (Lipinski definition) is 1. The number of nitrogens with zero attached hydrogens (tertiary/aromatic N) is 1. The Morgan fingerprint density at radius 3 is 2.23 bits per heavy atom. The van der Waals surface area contributed by atoms with Crippen LogP contribution in [0.4, 0.5) is 13.2 Å². The van der Waals surface area contributed by atoms with Crippen molar-refractivity contribution in [3.63, 3.8) is 0 Å². The van der Waals surface area contributed by atoms with Gasteiger partial charge in [0, 0.05) is 19.0 Å². The summed E-state index contributed by atoms with van der Waals surface area (Å²) in [7, 11) is 0. The molecule has 0 atom stereocenters. The van der Waals surface area contributed by atoms with Crippen LogP contribution in [0.3, 0.4) is 0 Å². The third-order valence-corrected chi connectivity index (χ3v) is 5.17. The minimum atomic E-state index is -4.32. The van der Waals surface area contributed by atoms with Gasteiger partial charge in [-0.2, -0.15) is 13.2 Å². The summed E-state index contributed by atoms with van der Waals surface area (Å²) < 4.78 is 38.0. The van der Waals surface area contributed by atoms with Crippen molar-refractivity contribution in [2.24, 2.45) is 5.92 Å². The molecule has 7 heteroatoms. The van der Waals surface area contributed by atoms with Crippen LogP contribution < -0.4 is 5.32 Å². The largest absolute Gasteiger partial charge is 0.416 e. The molecule has 0 bridgehead atoms. The van der Waals surface area contributed by atoms with E-state index in [1.165, 1.54) is 12.1 Å². The predicted octanol–water partition coefficient (Wildman–Crippen LogP) is 4.40. The Morgan fingerprint density at radius 2 is 1.69 bits per heavy atom. The van der Waals surface area contributed by atoms with Crippen LogP contribution >= 0.6 is 12.4 Å². The number of piperidine rings is 1. The molecule has 1 amide bonds. The summed E-state index contributed by atoms with van der Waals surface area (Å²) in [6, 6.07) is 5.43. The summed E-state index contributed by atoms with van der Waals surface area (Å²) in [5.41, 5.74) is 0.113. The Balaban J connectivity index is 0.00000243. The van der Waals surface area contributed by atoms with Crippen molar-refractivity contribution in [1.82, 2.24) is 10.2 Å². The molecule has 146 valence electrons. The zero-order chi connectivity index (χ0) is 17.9. The lowest BCUT2D eigenvalue weighted by molar-refractivity contribution is -0.137. The first-order chi connectivity index (χ1) is 11.9. The lowest BCUT2D eigenvalue weighted by Gasteiger charge is -2.26. The Hall–Kier alpha value is -1.27. The molecular formula is C19H26ClF3N2O. The summed E-state index contributed by atoms with van der Waals surface area (Å²) in [5.74, 6) is 0.748. The smallest absolute Gasteiger partial charge is 0.335 e. The molecule has 3 nitrogen and oxygen atoms in total. The first kappa shape index (κ1) is 21.0. The van der Waals surface area contributed by atoms with Gasteiger partial charge in [-0.25, -0.2) is 0 Å². The second kappa shape index (κ2) is 9.09. The SMILES string of the molecule is Cl.O=C(CCC1CCNCC1)N(Cc1ccc(C(F)(F)F)cc1)C1CC1. The van der Waals surface area contributed by atoms with Crippen molar-refractivity contribution >= 4 is 18.3 Å². The van der Waals surface area contributed by atoms with E-state index in [0.29, 0.717) is 18.9 Å². The molecule has 2 aliphatic rings. The molecular weight excluding hydrogens is 365 g/mol. The van der Waals surface area contributed by atoms with Crippen LogP contribution in [0.2, 0.25) is 0 Å². The number of benzene rings is 1. The van der Waals surface area contributed by atoms with E-state index in [1.54, 1.807) is 0 Å². The number of nitrogens with one attached hydrogen (secondary N) is 1. The average Bonchev–Trinajstić information content (AvgIpc) is 3.43. The van der Waals surface area contributed by atoms with Crippen LogP contribution in [-0.2, 0) is 17.5 Å². The number of halogens is 4. The van der Waals surface area contributed by atoms with Crippen LogP contribution in [0.15, 0.2) is 24.3 Å². The summed E-state index contributed by atoms with van der Waals surface area (Å²) in [5, 5.41) is 3.33. The topological polar surface area (TPSA) is 32.3 Å². The Bertz CT molecular complexity index is 581. The van der Waals surface area contributed by atoms with Crippen molar-refractivity contribution < 1.29 is 18.0 Å². The van der Waals surface area contributed by atoms with E-state index in [2.05, 4.69) is 5.32 Å². The summed E-state index contributed by atoms with van der Waals surface area (Å²) in [6.45, 7) is 2.46. The minimum absolute atomic E-state index is 0. The zero-order valence-electron chi connectivity index (χ0n) is 14.7. The molecule has 1 saturated heterocycles. The van der Waals surface area contributed by atoms with Crippen LogP contribution in [0, 0.1) is 5.92 Å². The van der Waals surface area contributed by atoms with Crippen molar-refractivity contribution in [3.8, 4) is 0 Å². The highest BCUT2D eigenvalue weighted by atomic mass is 35.5. The van der Waals surface area contributed by atoms with Gasteiger partial charge < -0.3 is 10.2 Å². The first-order valence-corrected chi connectivity index (χ1v) is 9.10. The number of alkyl halides is 3. The van der Waals surface area contributed by atoms with E-state index in [4.69, 9.17) is 0 Å². The fourth-order valence-corrected chi connectivity index (χ4v) is 3.44. The lowest BCUT2D eigenvalue weighted by Crippen LogP contribution is -2.33. The van der Waals surface area contributed by atoms with Gasteiger partial charge in [0.2, 0.25) is 5.91 Å². The minimum Gasteiger partial charge on any atom is -0.335 e. The molecule has 1 aromatic rings. The van der Waals surface area contributed by atoms with E-state index in [0.717, 1.165) is 62.9 Å². The fraction of sp³-hybridized carbons (Fsp3) is 0.632. The van der Waals surface area contributed by atoms with Gasteiger partial charge in [0.05, 0.1) is 5.56 Å². The molecule has 0 unspecified atom stereocenters. The van der Waals surface area contributed by atoms with Crippen molar-refractivity contribution in [3.05, 3.63) is 35.4 Å². The molecule has 1 aromatic carbocycles. The van der Waals surface area contributed by atoms with Crippen molar-refractivity contribution in [2.75, 3.05) is 13.1 Å². The van der Waals surface area contributed by atoms with Gasteiger partial charge in [-0.05, 0) is 68.8 Å². The van der Waals surface area contributed by atoms with Gasteiger partial charge in [-0.3, -0.25) is 4.79 Å². The molecule has 0 spiro atoms. The van der Waals surface area contributed by atoms with Crippen molar-refractivity contribution in [1.29, 1.82) is 0 Å². The highest BCUT2D eigenvalue weighted by Gasteiger charge is 2.33. The van der Waals surface area contributed by atoms with Gasteiger partial charge in [-0.1, -0.05) is 12.1 Å². The number of rotatable bonds is 6. The van der Waals surface area contributed by atoms with Gasteiger partial charge >= 0.3 is 6.18 Å². The second-order valence-electron chi connectivity index (χ2n) is 7.18. The molecule has 2 fully saturated rings. The summed E-state index contributed by atoms with van der Waals surface area (Å²) in [4.78, 5) is 14.5. The quantitative estimate of drug-likeness (QED) is 0.780. The second-order valence-corrected chi connectivity index (χ2v) is 7.18. The number of carbonyl (C=O) groups excluding carboxylic acids is 1. The molecule has 1 N–H and O–H groups in total. The molecule has 1 saturated carbocycles. The maximum absolute atomic E-state index is 12.7. The molecule has 0 radical (unpaired) electrons.